The summed E-state index contributed by atoms with van der Waals surface area (Å²) in [6.45, 7) is 10.9. The van der Waals surface area contributed by atoms with Crippen LogP contribution in [0.2, 0.25) is 0 Å². The Balaban J connectivity index is 2.12. The van der Waals surface area contributed by atoms with Crippen LogP contribution in [-0.4, -0.2) is 201 Å². The average molecular weight is 1170 g/mol. The number of carboxylic acid groups (broad SMARTS) is 1. The monoisotopic (exact) mass is 1170 g/mol. The van der Waals surface area contributed by atoms with Crippen molar-refractivity contribution in [1.29, 1.82) is 0 Å². The third-order valence-electron chi connectivity index (χ3n) is 14.6. The predicted octanol–water partition coefficient (Wildman–Crippen LogP) is -1.83. The van der Waals surface area contributed by atoms with Gasteiger partial charge < -0.3 is 84.2 Å². The summed E-state index contributed by atoms with van der Waals surface area (Å²) in [6.07, 6.45) is 7.43. The van der Waals surface area contributed by atoms with E-state index in [1.54, 1.807) is 0 Å². The van der Waals surface area contributed by atoms with Gasteiger partial charge in [-0.25, -0.2) is 4.79 Å². The third-order valence-corrected chi connectivity index (χ3v) is 14.6. The first kappa shape index (κ1) is 72.1. The summed E-state index contributed by atoms with van der Waals surface area (Å²) < 4.78 is 0. The molecule has 82 heavy (non-hydrogen) atoms. The van der Waals surface area contributed by atoms with Crippen LogP contribution in [-0.2, 0) is 52.7 Å². The summed E-state index contributed by atoms with van der Waals surface area (Å²) in [6, 6.07) is -13.2. The Morgan fingerprint density at radius 1 is 0.500 bits per heavy atom. The summed E-state index contributed by atoms with van der Waals surface area (Å²) in [5.74, 6) is -9.02. The van der Waals surface area contributed by atoms with Gasteiger partial charge in [0.2, 0.25) is 59.1 Å². The number of carboxylic acids is 1. The largest absolute Gasteiger partial charge is 0.480 e. The van der Waals surface area contributed by atoms with Crippen LogP contribution in [0.15, 0.2) is 0 Å². The van der Waals surface area contributed by atoms with Crippen molar-refractivity contribution in [3.8, 4) is 0 Å². The second-order valence-electron chi connectivity index (χ2n) is 22.2. The number of carbonyl (C=O) groups is 11. The Morgan fingerprint density at radius 3 is 1.51 bits per heavy atom. The molecule has 0 aromatic rings. The van der Waals surface area contributed by atoms with Crippen molar-refractivity contribution in [2.45, 2.75) is 243 Å². The lowest BCUT2D eigenvalue weighted by atomic mass is 10.0. The number of amides is 10. The van der Waals surface area contributed by atoms with Crippen molar-refractivity contribution in [2.24, 2.45) is 17.4 Å². The molecule has 2 aliphatic heterocycles. The smallest absolute Gasteiger partial charge is 0.326 e. The van der Waals surface area contributed by atoms with Crippen LogP contribution in [0.5, 0.6) is 0 Å². The lowest BCUT2D eigenvalue weighted by Crippen LogP contribution is -2.62. The Morgan fingerprint density at radius 2 is 0.988 bits per heavy atom. The van der Waals surface area contributed by atoms with E-state index < -0.39 is 138 Å². The van der Waals surface area contributed by atoms with E-state index in [1.165, 1.54) is 37.5 Å². The standard InChI is InChI=1S/C55H98N12O15/c1-8-9-10-11-12-13-14-25-43(71)60-39(30-32(2)3)48(74)65-45(36(7)70)54(80)67-29-20-24-42(67)51(77)64-44(35(6)69)52(78)58-33(4)46(72)61-37(21-15-17-26-56)47(73)59-34(5)53(79)66-28-19-23-41(66)50(76)63-40(31-68)49(75)62-38(55(81)82)22-16-18-27-57/h32-42,44-45,68-70H,8-31,56-57H2,1-7H3,(H,58,78)(H,59,73)(H,60,71)(H,61,72)(H,62,75)(H,63,76)(H,64,77)(H,65,74)(H,81,82)/t33-,34-,35+,36+,37-,38-,39-,40-,41-,42-,44-,45-/m0/s1. The van der Waals surface area contributed by atoms with Gasteiger partial charge in [0.15, 0.2) is 0 Å². The fourth-order valence-electron chi connectivity index (χ4n) is 9.83. The van der Waals surface area contributed by atoms with Gasteiger partial charge in [-0.1, -0.05) is 59.3 Å². The minimum Gasteiger partial charge on any atom is -0.480 e. The molecule has 27 heteroatoms. The van der Waals surface area contributed by atoms with E-state index in [9.17, 15) is 73.2 Å². The summed E-state index contributed by atoms with van der Waals surface area (Å²) in [5, 5.41) is 61.2. The SMILES string of the molecule is CCCCCCCCCC(=O)N[C@@H](CC(C)C)C(=O)N[C@H](C(=O)N1CCC[C@H]1C(=O)N[C@H](C(=O)N[C@@H](C)C(=O)N[C@@H](CCCCN)C(=O)N[C@@H](C)C(=O)N1CCC[C@H]1C(=O)N[C@@H](CO)C(=O)N[C@@H](CCCCN)C(=O)O)[C@@H](C)O)[C@@H](C)O. The van der Waals surface area contributed by atoms with E-state index in [1.807, 2.05) is 13.8 Å². The molecule has 12 atom stereocenters. The van der Waals surface area contributed by atoms with Crippen molar-refractivity contribution in [2.75, 3.05) is 32.8 Å². The fraction of sp³-hybridized carbons (Fsp3) is 0.800. The zero-order valence-corrected chi connectivity index (χ0v) is 49.3. The highest BCUT2D eigenvalue weighted by Crippen LogP contribution is 2.22. The first-order valence-electron chi connectivity index (χ1n) is 29.5. The zero-order valence-electron chi connectivity index (χ0n) is 49.3. The van der Waals surface area contributed by atoms with Gasteiger partial charge in [-0.3, -0.25) is 47.9 Å². The van der Waals surface area contributed by atoms with Crippen LogP contribution < -0.4 is 54.0 Å². The summed E-state index contributed by atoms with van der Waals surface area (Å²) >= 11 is 0. The predicted molar refractivity (Wildman–Crippen MR) is 302 cm³/mol. The first-order valence-corrected chi connectivity index (χ1v) is 29.5. The highest BCUT2D eigenvalue weighted by Gasteiger charge is 2.43. The van der Waals surface area contributed by atoms with Crippen molar-refractivity contribution in [1.82, 2.24) is 52.3 Å². The number of aliphatic hydroxyl groups is 3. The van der Waals surface area contributed by atoms with E-state index in [0.29, 0.717) is 51.5 Å². The number of likely N-dealkylation sites (tertiary alicyclic amines) is 2. The quantitative estimate of drug-likeness (QED) is 0.0301. The molecular formula is C55H98N12O15. The fourth-order valence-corrected chi connectivity index (χ4v) is 9.83. The molecule has 0 radical (unpaired) electrons. The summed E-state index contributed by atoms with van der Waals surface area (Å²) in [5.41, 5.74) is 11.2. The van der Waals surface area contributed by atoms with Crippen LogP contribution >= 0.6 is 0 Å². The zero-order chi connectivity index (χ0) is 61.6. The summed E-state index contributed by atoms with van der Waals surface area (Å²) in [7, 11) is 0. The van der Waals surface area contributed by atoms with Crippen molar-refractivity contribution in [3.63, 3.8) is 0 Å². The topological polar surface area (TPSA) is 423 Å². The Bertz CT molecular complexity index is 2100. The normalized spacial score (nSPS) is 18.7. The molecule has 0 aliphatic carbocycles. The Hall–Kier alpha value is -6.03. The van der Waals surface area contributed by atoms with Gasteiger partial charge in [0, 0.05) is 19.5 Å². The molecule has 27 nitrogen and oxygen atoms in total. The number of nitrogens with zero attached hydrogens (tertiary/aromatic N) is 2. The molecule has 0 saturated carbocycles. The van der Waals surface area contributed by atoms with E-state index in [4.69, 9.17) is 11.5 Å². The molecule has 0 aromatic heterocycles. The van der Waals surface area contributed by atoms with E-state index in [2.05, 4.69) is 49.5 Å². The van der Waals surface area contributed by atoms with Crippen LogP contribution in [0.1, 0.15) is 170 Å². The Kier molecular flexibility index (Phi) is 33.4. The molecular weight excluding hydrogens is 1070 g/mol. The van der Waals surface area contributed by atoms with Gasteiger partial charge in [0.05, 0.1) is 18.8 Å². The van der Waals surface area contributed by atoms with Gasteiger partial charge in [-0.2, -0.15) is 0 Å². The first-order chi connectivity index (χ1) is 38.8. The van der Waals surface area contributed by atoms with Crippen molar-refractivity contribution in [3.05, 3.63) is 0 Å². The minimum absolute atomic E-state index is 0.0244. The number of aliphatic hydroxyl groups excluding tert-OH is 3. The maximum atomic E-state index is 14.1. The molecule has 2 heterocycles. The van der Waals surface area contributed by atoms with E-state index in [0.717, 1.165) is 38.5 Å². The Labute approximate surface area is 482 Å². The average Bonchev–Trinajstić information content (AvgIpc) is 4.17. The second kappa shape index (κ2) is 37.9. The third kappa shape index (κ3) is 24.4. The number of carbonyl (C=O) groups excluding carboxylic acids is 10. The van der Waals surface area contributed by atoms with Crippen molar-refractivity contribution >= 4 is 65.0 Å². The van der Waals surface area contributed by atoms with Gasteiger partial charge in [0.25, 0.3) is 0 Å². The number of nitrogens with one attached hydrogen (secondary N) is 8. The molecule has 0 spiro atoms. The molecule has 10 amide bonds. The number of aliphatic carboxylic acids is 1. The van der Waals surface area contributed by atoms with Crippen LogP contribution in [0.4, 0.5) is 0 Å². The highest BCUT2D eigenvalue weighted by atomic mass is 16.4. The second-order valence-corrected chi connectivity index (χ2v) is 22.2. The van der Waals surface area contributed by atoms with Crippen molar-refractivity contribution < 1.29 is 73.2 Å². The summed E-state index contributed by atoms with van der Waals surface area (Å²) in [4.78, 5) is 150. The van der Waals surface area contributed by atoms with Gasteiger partial charge >= 0.3 is 5.97 Å². The van der Waals surface area contributed by atoms with Crippen LogP contribution in [0.3, 0.4) is 0 Å². The highest BCUT2D eigenvalue weighted by molar-refractivity contribution is 5.99. The molecule has 0 aromatic carbocycles. The molecule has 2 rings (SSSR count). The maximum Gasteiger partial charge on any atom is 0.326 e. The molecule has 0 bridgehead atoms. The van der Waals surface area contributed by atoms with Crippen LogP contribution in [0.25, 0.3) is 0 Å². The molecule has 468 valence electrons. The molecule has 2 aliphatic rings. The lowest BCUT2D eigenvalue weighted by Gasteiger charge is -2.32. The van der Waals surface area contributed by atoms with Gasteiger partial charge in [-0.15, -0.1) is 0 Å². The van der Waals surface area contributed by atoms with Crippen LogP contribution in [0, 0.1) is 5.92 Å². The molecule has 2 saturated heterocycles. The molecule has 2 fully saturated rings. The minimum atomic E-state index is -1.66. The van der Waals surface area contributed by atoms with Gasteiger partial charge in [0.1, 0.15) is 60.4 Å². The number of unbranched alkanes of at least 4 members (excludes halogenated alkanes) is 8. The maximum absolute atomic E-state index is 14.1. The molecule has 16 N–H and O–H groups in total. The number of rotatable bonds is 39. The van der Waals surface area contributed by atoms with E-state index >= 15 is 0 Å². The van der Waals surface area contributed by atoms with Gasteiger partial charge in [-0.05, 0) is 124 Å². The number of nitrogens with two attached hydrogens (primary N) is 2. The number of hydrogen-bond acceptors (Lipinski definition) is 16. The number of hydrogen-bond donors (Lipinski definition) is 14. The molecule has 0 unspecified atom stereocenters. The lowest BCUT2D eigenvalue weighted by molar-refractivity contribution is -0.145. The van der Waals surface area contributed by atoms with E-state index in [-0.39, 0.29) is 70.0 Å².